The van der Waals surface area contributed by atoms with Crippen LogP contribution in [0.2, 0.25) is 0 Å². The lowest BCUT2D eigenvalue weighted by Gasteiger charge is -2.34. The lowest BCUT2D eigenvalue weighted by Crippen LogP contribution is -2.56. The minimum absolute atomic E-state index is 0.109. The summed E-state index contributed by atoms with van der Waals surface area (Å²) >= 11 is 0. The zero-order chi connectivity index (χ0) is 24.8. The second kappa shape index (κ2) is 11.0. The number of ether oxygens (including phenoxy) is 1. The van der Waals surface area contributed by atoms with E-state index in [1.54, 1.807) is 4.68 Å². The molecule has 9 heteroatoms. The second-order valence-corrected chi connectivity index (χ2v) is 10.0. The van der Waals surface area contributed by atoms with Crippen LogP contribution in [0.25, 0.3) is 10.9 Å². The summed E-state index contributed by atoms with van der Waals surface area (Å²) in [4.78, 5) is 26.4. The summed E-state index contributed by atoms with van der Waals surface area (Å²) in [5.74, 6) is -0.771. The molecule has 9 nitrogen and oxygen atoms in total. The largest absolute Gasteiger partial charge is 0.388 e. The first kappa shape index (κ1) is 25.7. The van der Waals surface area contributed by atoms with Crippen molar-refractivity contribution in [3.63, 3.8) is 0 Å². The van der Waals surface area contributed by atoms with E-state index in [2.05, 4.69) is 21.8 Å². The molecule has 3 rings (SSSR count). The average Bonchev–Trinajstić information content (AvgIpc) is 3.17. The monoisotopic (exact) mass is 469 g/mol. The summed E-state index contributed by atoms with van der Waals surface area (Å²) in [5, 5.41) is 30.4. The number of benzene rings is 1. The maximum Gasteiger partial charge on any atom is 0.273 e. The third-order valence-electron chi connectivity index (χ3n) is 6.20. The predicted molar refractivity (Wildman–Crippen MR) is 128 cm³/mol. The molecule has 0 radical (unpaired) electrons. The van der Waals surface area contributed by atoms with Gasteiger partial charge in [-0.2, -0.15) is 10.4 Å². The Kier molecular flexibility index (Phi) is 8.28. The number of nitrogens with one attached hydrogen (secondary N) is 2. The van der Waals surface area contributed by atoms with E-state index in [1.165, 1.54) is 0 Å². The maximum atomic E-state index is 13.3. The molecule has 184 valence electrons. The number of amides is 2. The molecule has 3 N–H and O–H groups in total. The molecule has 34 heavy (non-hydrogen) atoms. The Labute approximate surface area is 200 Å². The number of nitriles is 1. The second-order valence-electron chi connectivity index (χ2n) is 10.0. The number of para-hydroxylation sites is 1. The van der Waals surface area contributed by atoms with Crippen LogP contribution in [0.4, 0.5) is 0 Å². The molecule has 1 saturated heterocycles. The van der Waals surface area contributed by atoms with E-state index < -0.39 is 23.0 Å². The molecule has 0 aliphatic carbocycles. The summed E-state index contributed by atoms with van der Waals surface area (Å²) in [5.41, 5.74) is -0.460. The number of carbonyl (C=O) groups excluding carboxylic acids is 2. The normalized spacial score (nSPS) is 16.6. The lowest BCUT2D eigenvalue weighted by molar-refractivity contribution is -0.128. The topological polar surface area (TPSA) is 129 Å². The Hall–Kier alpha value is -2.96. The molecule has 0 bridgehead atoms. The van der Waals surface area contributed by atoms with E-state index in [9.17, 15) is 14.7 Å². The van der Waals surface area contributed by atoms with Gasteiger partial charge in [-0.05, 0) is 24.3 Å². The number of fused-ring (bicyclic) bond motifs is 1. The van der Waals surface area contributed by atoms with Gasteiger partial charge in [0, 0.05) is 51.0 Å². The zero-order valence-corrected chi connectivity index (χ0v) is 20.3. The average molecular weight is 470 g/mol. The van der Waals surface area contributed by atoms with Gasteiger partial charge < -0.3 is 20.5 Å². The zero-order valence-electron chi connectivity index (χ0n) is 20.3. The highest BCUT2D eigenvalue weighted by Gasteiger charge is 2.36. The summed E-state index contributed by atoms with van der Waals surface area (Å²) in [6.07, 6.45) is 2.94. The SMILES string of the molecule is CC(C)(C)[C@H](NC(=O)c1nn(CCCCC#N)c2ccccc12)C(=O)NCC1(O)CCOCC1. The number of hydrogen-bond acceptors (Lipinski definition) is 6. The third-order valence-corrected chi connectivity index (χ3v) is 6.20. The summed E-state index contributed by atoms with van der Waals surface area (Å²) in [6.45, 7) is 7.26. The van der Waals surface area contributed by atoms with Crippen molar-refractivity contribution >= 4 is 22.7 Å². The molecule has 1 aromatic carbocycles. The predicted octanol–water partition coefficient (Wildman–Crippen LogP) is 2.53. The highest BCUT2D eigenvalue weighted by molar-refractivity contribution is 6.06. The lowest BCUT2D eigenvalue weighted by atomic mass is 9.85. The quantitative estimate of drug-likeness (QED) is 0.484. The van der Waals surface area contributed by atoms with E-state index in [1.807, 2.05) is 45.0 Å². The fraction of sp³-hybridized carbons (Fsp3) is 0.600. The molecule has 1 fully saturated rings. The van der Waals surface area contributed by atoms with Gasteiger partial charge in [-0.25, -0.2) is 0 Å². The number of unbranched alkanes of at least 4 members (excludes halogenated alkanes) is 2. The Morgan fingerprint density at radius 2 is 1.97 bits per heavy atom. The van der Waals surface area contributed by atoms with Crippen molar-refractivity contribution in [2.24, 2.45) is 5.41 Å². The van der Waals surface area contributed by atoms with Gasteiger partial charge in [0.2, 0.25) is 5.91 Å². The minimum Gasteiger partial charge on any atom is -0.388 e. The summed E-state index contributed by atoms with van der Waals surface area (Å²) in [7, 11) is 0. The number of aromatic nitrogens is 2. The van der Waals surface area contributed by atoms with Crippen LogP contribution in [0.15, 0.2) is 24.3 Å². The van der Waals surface area contributed by atoms with Gasteiger partial charge in [-0.1, -0.05) is 39.0 Å². The molecule has 0 saturated carbocycles. The molecule has 1 aromatic heterocycles. The molecule has 2 amide bonds. The van der Waals surface area contributed by atoms with Crippen molar-refractivity contribution in [1.29, 1.82) is 5.26 Å². The molecule has 0 spiro atoms. The van der Waals surface area contributed by atoms with Crippen LogP contribution in [-0.2, 0) is 16.1 Å². The Morgan fingerprint density at radius 3 is 2.65 bits per heavy atom. The highest BCUT2D eigenvalue weighted by atomic mass is 16.5. The standard InChI is InChI=1S/C25H35N5O4/c1-24(2,3)21(23(32)27-17-25(33)11-15-34-16-12-25)28-22(31)20-18-9-5-6-10-19(18)30(29-20)14-8-4-7-13-26/h5-6,9-10,21,33H,4,7-8,11-12,14-17H2,1-3H3,(H,27,32)(H,28,31)/t21-/m1/s1. The number of aliphatic hydroxyl groups is 1. The minimum atomic E-state index is -0.999. The molecular weight excluding hydrogens is 434 g/mol. The number of rotatable bonds is 9. The van der Waals surface area contributed by atoms with Crippen molar-refractivity contribution in [3.05, 3.63) is 30.0 Å². The molecular formula is C25H35N5O4. The fourth-order valence-electron chi connectivity index (χ4n) is 4.09. The molecule has 2 aromatic rings. The van der Waals surface area contributed by atoms with Crippen LogP contribution >= 0.6 is 0 Å². The number of aryl methyl sites for hydroxylation is 1. The van der Waals surface area contributed by atoms with Crippen LogP contribution in [0.5, 0.6) is 0 Å². The summed E-state index contributed by atoms with van der Waals surface area (Å²) < 4.78 is 7.08. The van der Waals surface area contributed by atoms with Gasteiger partial charge in [0.25, 0.3) is 5.91 Å². The first-order valence-electron chi connectivity index (χ1n) is 11.9. The number of nitrogens with zero attached hydrogens (tertiary/aromatic N) is 3. The van der Waals surface area contributed by atoms with Crippen LogP contribution in [0, 0.1) is 16.7 Å². The molecule has 1 aliphatic rings. The van der Waals surface area contributed by atoms with E-state index >= 15 is 0 Å². The number of hydrogen-bond donors (Lipinski definition) is 3. The van der Waals surface area contributed by atoms with Crippen molar-refractivity contribution in [1.82, 2.24) is 20.4 Å². The smallest absolute Gasteiger partial charge is 0.273 e. The van der Waals surface area contributed by atoms with Crippen molar-refractivity contribution in [3.8, 4) is 6.07 Å². The third kappa shape index (κ3) is 6.33. The Bertz CT molecular complexity index is 1040. The molecule has 2 heterocycles. The van der Waals surface area contributed by atoms with Crippen molar-refractivity contribution in [2.75, 3.05) is 19.8 Å². The Morgan fingerprint density at radius 1 is 1.26 bits per heavy atom. The molecule has 1 aliphatic heterocycles. The number of carbonyl (C=O) groups is 2. The van der Waals surface area contributed by atoms with E-state index in [0.717, 1.165) is 18.4 Å². The van der Waals surface area contributed by atoms with Gasteiger partial charge in [0.1, 0.15) is 6.04 Å². The fourth-order valence-corrected chi connectivity index (χ4v) is 4.09. The van der Waals surface area contributed by atoms with E-state index in [-0.39, 0.29) is 18.1 Å². The van der Waals surface area contributed by atoms with Gasteiger partial charge >= 0.3 is 0 Å². The van der Waals surface area contributed by atoms with Gasteiger partial charge in [0.05, 0.1) is 17.2 Å². The summed E-state index contributed by atoms with van der Waals surface area (Å²) in [6, 6.07) is 8.82. The van der Waals surface area contributed by atoms with Crippen LogP contribution < -0.4 is 10.6 Å². The highest BCUT2D eigenvalue weighted by Crippen LogP contribution is 2.24. The van der Waals surface area contributed by atoms with Crippen molar-refractivity contribution in [2.45, 2.75) is 71.1 Å². The molecule has 0 unspecified atom stereocenters. The molecule has 1 atom stereocenters. The van der Waals surface area contributed by atoms with Crippen LogP contribution in [-0.4, -0.2) is 58.1 Å². The first-order chi connectivity index (χ1) is 16.1. The van der Waals surface area contributed by atoms with Gasteiger partial charge in [-0.3, -0.25) is 14.3 Å². The van der Waals surface area contributed by atoms with Gasteiger partial charge in [-0.15, -0.1) is 0 Å². The Balaban J connectivity index is 1.75. The van der Waals surface area contributed by atoms with E-state index in [4.69, 9.17) is 10.00 Å². The first-order valence-corrected chi connectivity index (χ1v) is 11.9. The maximum absolute atomic E-state index is 13.3. The van der Waals surface area contributed by atoms with Crippen LogP contribution in [0.3, 0.4) is 0 Å². The van der Waals surface area contributed by atoms with Crippen LogP contribution in [0.1, 0.15) is 63.4 Å². The van der Waals surface area contributed by atoms with Crippen molar-refractivity contribution < 1.29 is 19.4 Å². The van der Waals surface area contributed by atoms with Gasteiger partial charge in [0.15, 0.2) is 5.69 Å². The van der Waals surface area contributed by atoms with E-state index in [0.29, 0.717) is 44.4 Å².